The molecular weight excluding hydrogens is 382 g/mol. The van der Waals surface area contributed by atoms with Gasteiger partial charge in [0, 0.05) is 37.7 Å². The number of benzene rings is 2. The number of aliphatic hydroxyl groups is 2. The van der Waals surface area contributed by atoms with E-state index in [1.165, 1.54) is 0 Å². The molecule has 1 fully saturated rings. The third-order valence-corrected chi connectivity index (χ3v) is 6.25. The van der Waals surface area contributed by atoms with Crippen molar-refractivity contribution in [1.82, 2.24) is 4.90 Å². The van der Waals surface area contributed by atoms with Crippen molar-refractivity contribution in [2.75, 3.05) is 33.4 Å². The maximum Gasteiger partial charge on any atom is 0.129 e. The van der Waals surface area contributed by atoms with Gasteiger partial charge in [0.15, 0.2) is 0 Å². The molecule has 2 aromatic carbocycles. The van der Waals surface area contributed by atoms with Crippen LogP contribution in [0.1, 0.15) is 49.5 Å². The summed E-state index contributed by atoms with van der Waals surface area (Å²) >= 11 is 0. The number of aliphatic hydroxyl groups excluding tert-OH is 2. The summed E-state index contributed by atoms with van der Waals surface area (Å²) in [5.74, 6) is 2.27. The van der Waals surface area contributed by atoms with Crippen LogP contribution in [0.25, 0.3) is 0 Å². The van der Waals surface area contributed by atoms with Crippen LogP contribution in [0, 0.1) is 0 Å². The monoisotopic (exact) mass is 413 g/mol. The lowest BCUT2D eigenvalue weighted by Gasteiger charge is -2.46. The van der Waals surface area contributed by atoms with Crippen LogP contribution in [0.2, 0.25) is 0 Å². The van der Waals surface area contributed by atoms with Gasteiger partial charge >= 0.3 is 0 Å². The Morgan fingerprint density at radius 2 is 1.83 bits per heavy atom. The molecule has 2 N–H and O–H groups in total. The number of piperidine rings is 1. The molecule has 6 nitrogen and oxygen atoms in total. The third kappa shape index (κ3) is 4.41. The van der Waals surface area contributed by atoms with Crippen LogP contribution in [-0.4, -0.2) is 54.1 Å². The summed E-state index contributed by atoms with van der Waals surface area (Å²) < 4.78 is 17.2. The molecule has 0 bridgehead atoms. The molecule has 2 unspecified atom stereocenters. The number of hydrogen-bond acceptors (Lipinski definition) is 6. The lowest BCUT2D eigenvalue weighted by atomic mass is 9.81. The predicted octanol–water partition coefficient (Wildman–Crippen LogP) is 3.48. The third-order valence-electron chi connectivity index (χ3n) is 6.25. The molecule has 2 heterocycles. The zero-order chi connectivity index (χ0) is 21.1. The Morgan fingerprint density at radius 1 is 1.13 bits per heavy atom. The molecule has 30 heavy (non-hydrogen) atoms. The van der Waals surface area contributed by atoms with Crippen LogP contribution in [0.3, 0.4) is 0 Å². The standard InChI is InChI=1S/C24H31NO5/c1-3-29-18-6-4-17(5-7-18)22(27)16-25-12-10-24(11-13-25)15-21(26)20-9-8-19(28-2)14-23(20)30-24/h4-9,14,21-22,26-27H,3,10-13,15-16H2,1-2H3. The van der Waals surface area contributed by atoms with Crippen molar-refractivity contribution in [3.05, 3.63) is 53.6 Å². The zero-order valence-corrected chi connectivity index (χ0v) is 17.7. The second-order valence-electron chi connectivity index (χ2n) is 8.23. The smallest absolute Gasteiger partial charge is 0.129 e. The molecule has 0 aromatic heterocycles. The number of methoxy groups -OCH3 is 1. The number of hydrogen-bond donors (Lipinski definition) is 2. The lowest BCUT2D eigenvalue weighted by molar-refractivity contribution is -0.0588. The van der Waals surface area contributed by atoms with E-state index in [4.69, 9.17) is 14.2 Å². The van der Waals surface area contributed by atoms with Gasteiger partial charge in [-0.05, 0) is 49.6 Å². The minimum atomic E-state index is -0.544. The van der Waals surface area contributed by atoms with Crippen LogP contribution < -0.4 is 14.2 Å². The van der Waals surface area contributed by atoms with E-state index < -0.39 is 12.2 Å². The summed E-state index contributed by atoms with van der Waals surface area (Å²) in [4.78, 5) is 2.27. The predicted molar refractivity (Wildman–Crippen MR) is 114 cm³/mol. The molecule has 6 heteroatoms. The molecule has 1 spiro atoms. The summed E-state index contributed by atoms with van der Waals surface area (Å²) in [7, 11) is 1.63. The fourth-order valence-corrected chi connectivity index (χ4v) is 4.49. The van der Waals surface area contributed by atoms with Crippen molar-refractivity contribution in [3.8, 4) is 17.2 Å². The van der Waals surface area contributed by atoms with Crippen LogP contribution in [0.4, 0.5) is 0 Å². The molecule has 0 radical (unpaired) electrons. The Morgan fingerprint density at radius 3 is 2.50 bits per heavy atom. The maximum atomic E-state index is 10.7. The van der Waals surface area contributed by atoms with E-state index in [1.54, 1.807) is 7.11 Å². The van der Waals surface area contributed by atoms with Crippen molar-refractivity contribution >= 4 is 0 Å². The highest BCUT2D eigenvalue weighted by molar-refractivity contribution is 5.44. The highest BCUT2D eigenvalue weighted by Gasteiger charge is 2.43. The van der Waals surface area contributed by atoms with E-state index in [2.05, 4.69) is 4.90 Å². The van der Waals surface area contributed by atoms with Gasteiger partial charge in [-0.15, -0.1) is 0 Å². The van der Waals surface area contributed by atoms with Crippen molar-refractivity contribution in [1.29, 1.82) is 0 Å². The second-order valence-corrected chi connectivity index (χ2v) is 8.23. The van der Waals surface area contributed by atoms with E-state index in [0.29, 0.717) is 19.6 Å². The first-order chi connectivity index (χ1) is 14.5. The van der Waals surface area contributed by atoms with E-state index in [9.17, 15) is 10.2 Å². The average Bonchev–Trinajstić information content (AvgIpc) is 2.76. The van der Waals surface area contributed by atoms with Gasteiger partial charge < -0.3 is 29.3 Å². The summed E-state index contributed by atoms with van der Waals surface area (Å²) in [5.41, 5.74) is 1.36. The zero-order valence-electron chi connectivity index (χ0n) is 17.7. The van der Waals surface area contributed by atoms with E-state index in [0.717, 1.165) is 54.3 Å². The first-order valence-electron chi connectivity index (χ1n) is 10.7. The topological polar surface area (TPSA) is 71.4 Å². The second kappa shape index (κ2) is 8.84. The molecule has 4 rings (SSSR count). The molecule has 2 aromatic rings. The molecule has 2 aliphatic heterocycles. The van der Waals surface area contributed by atoms with E-state index >= 15 is 0 Å². The summed E-state index contributed by atoms with van der Waals surface area (Å²) in [6.45, 7) is 4.80. The quantitative estimate of drug-likeness (QED) is 0.756. The molecule has 162 valence electrons. The van der Waals surface area contributed by atoms with Crippen LogP contribution in [0.5, 0.6) is 17.2 Å². The molecule has 0 amide bonds. The van der Waals surface area contributed by atoms with E-state index in [1.807, 2.05) is 49.4 Å². The fraction of sp³-hybridized carbons (Fsp3) is 0.500. The first kappa shape index (κ1) is 21.0. The van der Waals surface area contributed by atoms with Crippen molar-refractivity contribution < 1.29 is 24.4 Å². The van der Waals surface area contributed by atoms with Gasteiger partial charge in [-0.2, -0.15) is 0 Å². The summed E-state index contributed by atoms with van der Waals surface area (Å²) in [5, 5.41) is 21.3. The van der Waals surface area contributed by atoms with Crippen molar-refractivity contribution in [3.63, 3.8) is 0 Å². The lowest BCUT2D eigenvalue weighted by Crippen LogP contribution is -2.51. The Labute approximate surface area is 178 Å². The Kier molecular flexibility index (Phi) is 6.18. The number of nitrogens with zero attached hydrogens (tertiary/aromatic N) is 1. The van der Waals surface area contributed by atoms with Crippen LogP contribution in [-0.2, 0) is 0 Å². The Hall–Kier alpha value is -2.28. The Balaban J connectivity index is 1.36. The van der Waals surface area contributed by atoms with Gasteiger partial charge in [0.25, 0.3) is 0 Å². The number of ether oxygens (including phenoxy) is 3. The number of fused-ring (bicyclic) bond motifs is 1. The largest absolute Gasteiger partial charge is 0.497 e. The first-order valence-corrected chi connectivity index (χ1v) is 10.7. The minimum absolute atomic E-state index is 0.362. The number of β-amino-alcohol motifs (C(OH)–C–C–N with tert-alkyl or cyclic N) is 1. The molecular formula is C24H31NO5. The van der Waals surface area contributed by atoms with Gasteiger partial charge in [0.1, 0.15) is 22.8 Å². The molecule has 2 atom stereocenters. The van der Waals surface area contributed by atoms with Gasteiger partial charge in [-0.1, -0.05) is 12.1 Å². The number of likely N-dealkylation sites (tertiary alicyclic amines) is 1. The highest BCUT2D eigenvalue weighted by atomic mass is 16.5. The molecule has 0 aliphatic carbocycles. The highest BCUT2D eigenvalue weighted by Crippen LogP contribution is 2.45. The van der Waals surface area contributed by atoms with Crippen LogP contribution >= 0.6 is 0 Å². The molecule has 0 saturated carbocycles. The Bertz CT molecular complexity index is 845. The summed E-state index contributed by atoms with van der Waals surface area (Å²) in [6.07, 6.45) is 1.16. The van der Waals surface area contributed by atoms with Gasteiger partial charge in [-0.25, -0.2) is 0 Å². The van der Waals surface area contributed by atoms with Crippen molar-refractivity contribution in [2.24, 2.45) is 0 Å². The number of rotatable bonds is 6. The van der Waals surface area contributed by atoms with Gasteiger partial charge in [-0.3, -0.25) is 0 Å². The molecule has 1 saturated heterocycles. The van der Waals surface area contributed by atoms with Gasteiger partial charge in [0.05, 0.1) is 25.9 Å². The summed E-state index contributed by atoms with van der Waals surface area (Å²) in [6, 6.07) is 13.2. The SMILES string of the molecule is CCOc1ccc(C(O)CN2CCC3(CC2)CC(O)c2ccc(OC)cc2O3)cc1. The van der Waals surface area contributed by atoms with Gasteiger partial charge in [0.2, 0.25) is 0 Å². The van der Waals surface area contributed by atoms with Crippen molar-refractivity contribution in [2.45, 2.75) is 44.0 Å². The molecule has 2 aliphatic rings. The fourth-order valence-electron chi connectivity index (χ4n) is 4.49. The maximum absolute atomic E-state index is 10.7. The van der Waals surface area contributed by atoms with Crippen LogP contribution in [0.15, 0.2) is 42.5 Å². The van der Waals surface area contributed by atoms with E-state index in [-0.39, 0.29) is 5.60 Å². The average molecular weight is 414 g/mol. The minimum Gasteiger partial charge on any atom is -0.497 e. The normalized spacial score (nSPS) is 21.5.